The highest BCUT2D eigenvalue weighted by atomic mass is 16.2. The smallest absolute Gasteiger partial charge is 0.236 e. The van der Waals surface area contributed by atoms with Crippen LogP contribution in [0.25, 0.3) is 0 Å². The maximum Gasteiger partial charge on any atom is 0.236 e. The Morgan fingerprint density at radius 3 is 2.46 bits per heavy atom. The number of carbonyl (C=O) groups excluding carboxylic acids is 1. The van der Waals surface area contributed by atoms with E-state index < -0.39 is 0 Å². The molecule has 0 saturated heterocycles. The van der Waals surface area contributed by atoms with Gasteiger partial charge in [0.1, 0.15) is 0 Å². The van der Waals surface area contributed by atoms with Gasteiger partial charge in [0.2, 0.25) is 5.91 Å². The van der Waals surface area contributed by atoms with Crippen LogP contribution >= 0.6 is 0 Å². The normalized spacial score (nSPS) is 20.2. The van der Waals surface area contributed by atoms with Crippen LogP contribution in [0, 0.1) is 5.92 Å². The molecule has 13 heavy (non-hydrogen) atoms. The topological polar surface area (TPSA) is 41.1 Å². The lowest BCUT2D eigenvalue weighted by Gasteiger charge is -2.18. The van der Waals surface area contributed by atoms with Gasteiger partial charge in [-0.15, -0.1) is 0 Å². The van der Waals surface area contributed by atoms with E-state index in [0.29, 0.717) is 0 Å². The Bertz CT molecular complexity index is 164. The van der Waals surface area contributed by atoms with Gasteiger partial charge in [-0.3, -0.25) is 4.79 Å². The summed E-state index contributed by atoms with van der Waals surface area (Å²) in [6.45, 7) is 0. The molecule has 1 aliphatic rings. The molecule has 0 aromatic rings. The van der Waals surface area contributed by atoms with Crippen molar-refractivity contribution in [3.63, 3.8) is 0 Å². The molecular formula is C10H20N2O. The Morgan fingerprint density at radius 2 is 2.00 bits per heavy atom. The van der Waals surface area contributed by atoms with Crippen LogP contribution in [0.3, 0.4) is 0 Å². The minimum Gasteiger partial charge on any atom is -0.358 e. The van der Waals surface area contributed by atoms with Crippen LogP contribution in [0.4, 0.5) is 0 Å². The molecule has 0 aliphatic heterocycles. The summed E-state index contributed by atoms with van der Waals surface area (Å²) in [5, 5.41) is 5.76. The van der Waals surface area contributed by atoms with Gasteiger partial charge in [0, 0.05) is 7.05 Å². The number of likely N-dealkylation sites (N-methyl/N-ethyl adjacent to an activating group) is 2. The molecule has 0 heterocycles. The van der Waals surface area contributed by atoms with Crippen molar-refractivity contribution in [1.29, 1.82) is 0 Å². The van der Waals surface area contributed by atoms with Crippen molar-refractivity contribution < 1.29 is 4.79 Å². The molecule has 1 fully saturated rings. The Kier molecular flexibility index (Phi) is 4.22. The molecule has 3 heteroatoms. The minimum absolute atomic E-state index is 0.00750. The molecule has 0 radical (unpaired) electrons. The van der Waals surface area contributed by atoms with Gasteiger partial charge in [0.05, 0.1) is 6.04 Å². The molecule has 0 spiro atoms. The van der Waals surface area contributed by atoms with E-state index in [2.05, 4.69) is 10.6 Å². The SMILES string of the molecule is CNC(=O)[C@H](CC1CCCC1)NC. The Balaban J connectivity index is 2.33. The minimum atomic E-state index is 0.00750. The number of carbonyl (C=O) groups is 1. The zero-order valence-corrected chi connectivity index (χ0v) is 8.60. The third-order valence-electron chi connectivity index (χ3n) is 2.96. The van der Waals surface area contributed by atoms with E-state index >= 15 is 0 Å². The van der Waals surface area contributed by atoms with E-state index in [-0.39, 0.29) is 11.9 Å². The van der Waals surface area contributed by atoms with E-state index in [1.54, 1.807) is 7.05 Å². The number of hydrogen-bond acceptors (Lipinski definition) is 2. The van der Waals surface area contributed by atoms with Crippen LogP contribution in [0.1, 0.15) is 32.1 Å². The number of amides is 1. The lowest BCUT2D eigenvalue weighted by Crippen LogP contribution is -2.42. The number of nitrogens with one attached hydrogen (secondary N) is 2. The fraction of sp³-hybridized carbons (Fsp3) is 0.900. The second kappa shape index (κ2) is 5.22. The van der Waals surface area contributed by atoms with E-state index in [9.17, 15) is 4.79 Å². The molecule has 1 atom stereocenters. The van der Waals surface area contributed by atoms with Gasteiger partial charge in [0.25, 0.3) is 0 Å². The summed E-state index contributed by atoms with van der Waals surface area (Å²) in [5.74, 6) is 0.879. The Hall–Kier alpha value is -0.570. The van der Waals surface area contributed by atoms with E-state index in [0.717, 1.165) is 12.3 Å². The van der Waals surface area contributed by atoms with E-state index in [4.69, 9.17) is 0 Å². The lowest BCUT2D eigenvalue weighted by molar-refractivity contribution is -0.122. The Labute approximate surface area is 80.3 Å². The quantitative estimate of drug-likeness (QED) is 0.681. The summed E-state index contributed by atoms with van der Waals surface area (Å²) in [7, 11) is 3.55. The zero-order valence-electron chi connectivity index (χ0n) is 8.60. The van der Waals surface area contributed by atoms with Gasteiger partial charge in [0.15, 0.2) is 0 Å². The van der Waals surface area contributed by atoms with Crippen LogP contribution in [0.2, 0.25) is 0 Å². The highest BCUT2D eigenvalue weighted by molar-refractivity contribution is 5.81. The van der Waals surface area contributed by atoms with E-state index in [1.807, 2.05) is 7.05 Å². The maximum atomic E-state index is 11.4. The fourth-order valence-corrected chi connectivity index (χ4v) is 2.11. The second-order valence-electron chi connectivity index (χ2n) is 3.84. The maximum absolute atomic E-state index is 11.4. The average molecular weight is 184 g/mol. The molecule has 0 unspecified atom stereocenters. The van der Waals surface area contributed by atoms with Crippen molar-refractivity contribution in [3.8, 4) is 0 Å². The predicted octanol–water partition coefficient (Wildman–Crippen LogP) is 0.901. The van der Waals surface area contributed by atoms with Gasteiger partial charge < -0.3 is 10.6 Å². The van der Waals surface area contributed by atoms with Crippen molar-refractivity contribution in [1.82, 2.24) is 10.6 Å². The largest absolute Gasteiger partial charge is 0.358 e. The van der Waals surface area contributed by atoms with Gasteiger partial charge in [-0.2, -0.15) is 0 Å². The van der Waals surface area contributed by atoms with Crippen LogP contribution in [-0.2, 0) is 4.79 Å². The molecule has 2 N–H and O–H groups in total. The Morgan fingerprint density at radius 1 is 1.38 bits per heavy atom. The number of hydrogen-bond donors (Lipinski definition) is 2. The van der Waals surface area contributed by atoms with Gasteiger partial charge >= 0.3 is 0 Å². The third kappa shape index (κ3) is 2.99. The molecule has 0 bridgehead atoms. The van der Waals surface area contributed by atoms with Crippen LogP contribution in [0.15, 0.2) is 0 Å². The molecule has 1 rings (SSSR count). The van der Waals surface area contributed by atoms with Gasteiger partial charge in [-0.25, -0.2) is 0 Å². The molecule has 1 aliphatic carbocycles. The van der Waals surface area contributed by atoms with Crippen LogP contribution in [-0.4, -0.2) is 26.0 Å². The van der Waals surface area contributed by atoms with Crippen molar-refractivity contribution in [3.05, 3.63) is 0 Å². The molecule has 3 nitrogen and oxygen atoms in total. The summed E-state index contributed by atoms with van der Waals surface area (Å²) >= 11 is 0. The van der Waals surface area contributed by atoms with Gasteiger partial charge in [-0.1, -0.05) is 25.7 Å². The van der Waals surface area contributed by atoms with Crippen LogP contribution < -0.4 is 10.6 Å². The lowest BCUT2D eigenvalue weighted by atomic mass is 9.98. The molecule has 1 amide bonds. The average Bonchev–Trinajstić information content (AvgIpc) is 2.65. The first kappa shape index (κ1) is 10.5. The van der Waals surface area contributed by atoms with Crippen molar-refractivity contribution in [2.24, 2.45) is 5.92 Å². The van der Waals surface area contributed by atoms with Crippen molar-refractivity contribution in [2.75, 3.05) is 14.1 Å². The summed E-state index contributed by atoms with van der Waals surface area (Å²) in [6, 6.07) is 0.00750. The summed E-state index contributed by atoms with van der Waals surface area (Å²) in [6.07, 6.45) is 6.28. The van der Waals surface area contributed by atoms with Crippen molar-refractivity contribution >= 4 is 5.91 Å². The third-order valence-corrected chi connectivity index (χ3v) is 2.96. The summed E-state index contributed by atoms with van der Waals surface area (Å²) in [5.41, 5.74) is 0. The molecular weight excluding hydrogens is 164 g/mol. The standard InChI is InChI=1S/C10H20N2O/c1-11-9(10(13)12-2)7-8-5-3-4-6-8/h8-9,11H,3-7H2,1-2H3,(H,12,13)/t9-/m0/s1. The molecule has 76 valence electrons. The molecule has 1 saturated carbocycles. The molecule has 0 aromatic carbocycles. The van der Waals surface area contributed by atoms with Gasteiger partial charge in [-0.05, 0) is 19.4 Å². The first-order chi connectivity index (χ1) is 6.27. The zero-order chi connectivity index (χ0) is 9.68. The summed E-state index contributed by atoms with van der Waals surface area (Å²) < 4.78 is 0. The first-order valence-electron chi connectivity index (χ1n) is 5.16. The summed E-state index contributed by atoms with van der Waals surface area (Å²) in [4.78, 5) is 11.4. The second-order valence-corrected chi connectivity index (χ2v) is 3.84. The molecule has 0 aromatic heterocycles. The first-order valence-corrected chi connectivity index (χ1v) is 5.16. The fourth-order valence-electron chi connectivity index (χ4n) is 2.11. The monoisotopic (exact) mass is 184 g/mol. The van der Waals surface area contributed by atoms with E-state index in [1.165, 1.54) is 25.7 Å². The highest BCUT2D eigenvalue weighted by Gasteiger charge is 2.22. The number of rotatable bonds is 4. The predicted molar refractivity (Wildman–Crippen MR) is 53.5 cm³/mol. The highest BCUT2D eigenvalue weighted by Crippen LogP contribution is 2.28. The van der Waals surface area contributed by atoms with Crippen LogP contribution in [0.5, 0.6) is 0 Å². The van der Waals surface area contributed by atoms with Crippen molar-refractivity contribution in [2.45, 2.75) is 38.1 Å².